The Balaban J connectivity index is 1.85. The minimum Gasteiger partial charge on any atom is -0.543 e. The SMILES string of the molecule is Cc1ccc(O[Si](C)(C)C(C)(C)C)cc1C(=O)Cc1ccc2ncc(Br)cc2n1. The van der Waals surface area contributed by atoms with E-state index in [-0.39, 0.29) is 17.2 Å². The monoisotopic (exact) mass is 470 g/mol. The van der Waals surface area contributed by atoms with E-state index in [1.54, 1.807) is 6.20 Å². The topological polar surface area (TPSA) is 52.1 Å². The maximum Gasteiger partial charge on any atom is 0.250 e. The number of pyridine rings is 2. The van der Waals surface area contributed by atoms with E-state index < -0.39 is 8.32 Å². The molecule has 0 aliphatic rings. The van der Waals surface area contributed by atoms with Gasteiger partial charge in [-0.05, 0) is 76.9 Å². The van der Waals surface area contributed by atoms with E-state index >= 15 is 0 Å². The van der Waals surface area contributed by atoms with Gasteiger partial charge in [-0.2, -0.15) is 0 Å². The van der Waals surface area contributed by atoms with Crippen molar-refractivity contribution in [1.29, 1.82) is 0 Å². The van der Waals surface area contributed by atoms with E-state index in [1.165, 1.54) is 0 Å². The molecule has 2 heterocycles. The fourth-order valence-corrected chi connectivity index (χ4v) is 4.14. The molecule has 6 heteroatoms. The lowest BCUT2D eigenvalue weighted by Crippen LogP contribution is -2.43. The number of nitrogens with zero attached hydrogens (tertiary/aromatic N) is 2. The lowest BCUT2D eigenvalue weighted by atomic mass is 10.0. The van der Waals surface area contributed by atoms with Gasteiger partial charge in [-0.1, -0.05) is 26.8 Å². The average Bonchev–Trinajstić information content (AvgIpc) is 2.61. The van der Waals surface area contributed by atoms with Gasteiger partial charge in [0.15, 0.2) is 5.78 Å². The highest BCUT2D eigenvalue weighted by molar-refractivity contribution is 9.10. The smallest absolute Gasteiger partial charge is 0.250 e. The van der Waals surface area contributed by atoms with Crippen LogP contribution in [0.3, 0.4) is 0 Å². The Kier molecular flexibility index (Phi) is 5.97. The molecule has 0 fully saturated rings. The Morgan fingerprint density at radius 2 is 1.83 bits per heavy atom. The van der Waals surface area contributed by atoms with Gasteiger partial charge in [0.05, 0.1) is 17.5 Å². The predicted octanol–water partition coefficient (Wildman–Crippen LogP) is 6.51. The molecule has 0 bridgehead atoms. The van der Waals surface area contributed by atoms with Crippen LogP contribution in [0.2, 0.25) is 18.1 Å². The molecule has 0 unspecified atom stereocenters. The molecule has 0 N–H and O–H groups in total. The van der Waals surface area contributed by atoms with Crippen LogP contribution in [-0.4, -0.2) is 24.1 Å². The average molecular weight is 471 g/mol. The highest BCUT2D eigenvalue weighted by Crippen LogP contribution is 2.37. The zero-order chi connectivity index (χ0) is 21.4. The quantitative estimate of drug-likeness (QED) is 0.314. The Morgan fingerprint density at radius 1 is 1.10 bits per heavy atom. The molecule has 0 aliphatic heterocycles. The van der Waals surface area contributed by atoms with Crippen molar-refractivity contribution >= 4 is 41.1 Å². The number of benzene rings is 1. The number of Topliss-reactive ketones (excluding diaryl/α,β-unsaturated/α-hetero) is 1. The summed E-state index contributed by atoms with van der Waals surface area (Å²) in [6.45, 7) is 13.0. The summed E-state index contributed by atoms with van der Waals surface area (Å²) in [4.78, 5) is 22.0. The third-order valence-electron chi connectivity index (χ3n) is 5.59. The van der Waals surface area contributed by atoms with Gasteiger partial charge < -0.3 is 4.43 Å². The van der Waals surface area contributed by atoms with Crippen molar-refractivity contribution in [2.45, 2.75) is 52.2 Å². The van der Waals surface area contributed by atoms with Crippen LogP contribution in [-0.2, 0) is 6.42 Å². The van der Waals surface area contributed by atoms with E-state index in [2.05, 4.69) is 59.8 Å². The second-order valence-corrected chi connectivity index (χ2v) is 14.6. The standard InChI is InChI=1S/C23H27BrN2O2Si/c1-15-7-9-18(28-29(5,6)23(2,3)4)13-19(15)22(27)12-17-8-10-20-21(26-17)11-16(24)14-25-20/h7-11,13-14H,12H2,1-6H3. The zero-order valence-electron chi connectivity index (χ0n) is 17.8. The van der Waals surface area contributed by atoms with Gasteiger partial charge in [-0.3, -0.25) is 14.8 Å². The molecule has 1 aromatic carbocycles. The van der Waals surface area contributed by atoms with E-state index in [4.69, 9.17) is 4.43 Å². The molecular weight excluding hydrogens is 444 g/mol. The van der Waals surface area contributed by atoms with Gasteiger partial charge in [-0.15, -0.1) is 0 Å². The summed E-state index contributed by atoms with van der Waals surface area (Å²) in [6, 6.07) is 11.5. The van der Waals surface area contributed by atoms with E-state index in [9.17, 15) is 4.79 Å². The van der Waals surface area contributed by atoms with Gasteiger partial charge in [0.1, 0.15) is 5.75 Å². The Morgan fingerprint density at radius 3 is 2.52 bits per heavy atom. The minimum absolute atomic E-state index is 0.0398. The number of halogens is 1. The van der Waals surface area contributed by atoms with Crippen molar-refractivity contribution in [3.05, 3.63) is 63.9 Å². The number of hydrogen-bond acceptors (Lipinski definition) is 4. The van der Waals surface area contributed by atoms with Crippen LogP contribution in [0.5, 0.6) is 5.75 Å². The Hall–Kier alpha value is -2.05. The third-order valence-corrected chi connectivity index (χ3v) is 10.4. The molecule has 0 saturated heterocycles. The first kappa shape index (κ1) is 21.7. The van der Waals surface area contributed by atoms with Crippen molar-refractivity contribution in [2.75, 3.05) is 0 Å². The minimum atomic E-state index is -1.97. The number of aromatic nitrogens is 2. The van der Waals surface area contributed by atoms with Crippen molar-refractivity contribution in [1.82, 2.24) is 9.97 Å². The van der Waals surface area contributed by atoms with Crippen molar-refractivity contribution in [3.63, 3.8) is 0 Å². The molecule has 3 aromatic rings. The van der Waals surface area contributed by atoms with Crippen LogP contribution in [0, 0.1) is 6.92 Å². The molecule has 0 aliphatic carbocycles. The molecule has 0 amide bonds. The first-order chi connectivity index (χ1) is 13.5. The highest BCUT2D eigenvalue weighted by Gasteiger charge is 2.39. The summed E-state index contributed by atoms with van der Waals surface area (Å²) >= 11 is 3.42. The summed E-state index contributed by atoms with van der Waals surface area (Å²) in [7, 11) is -1.97. The molecule has 0 spiro atoms. The van der Waals surface area contributed by atoms with Crippen molar-refractivity contribution in [3.8, 4) is 5.75 Å². The van der Waals surface area contributed by atoms with Crippen LogP contribution >= 0.6 is 15.9 Å². The Bertz CT molecular complexity index is 1070. The first-order valence-electron chi connectivity index (χ1n) is 9.70. The van der Waals surface area contributed by atoms with Crippen LogP contribution in [0.25, 0.3) is 11.0 Å². The van der Waals surface area contributed by atoms with Gasteiger partial charge in [0, 0.05) is 21.9 Å². The summed E-state index contributed by atoms with van der Waals surface area (Å²) in [5, 5.41) is 0.0966. The molecular formula is C23H27BrN2O2Si. The summed E-state index contributed by atoms with van der Waals surface area (Å²) in [5.74, 6) is 0.808. The maximum atomic E-state index is 13.0. The predicted molar refractivity (Wildman–Crippen MR) is 124 cm³/mol. The Labute approximate surface area is 182 Å². The first-order valence-corrected chi connectivity index (χ1v) is 13.4. The number of rotatable bonds is 5. The zero-order valence-corrected chi connectivity index (χ0v) is 20.4. The van der Waals surface area contributed by atoms with Crippen molar-refractivity contribution < 1.29 is 9.22 Å². The number of aryl methyl sites for hydroxylation is 1. The van der Waals surface area contributed by atoms with Crippen LogP contribution in [0.1, 0.15) is 42.4 Å². The largest absolute Gasteiger partial charge is 0.543 e. The number of ketones is 1. The lowest BCUT2D eigenvalue weighted by Gasteiger charge is -2.36. The fraction of sp³-hybridized carbons (Fsp3) is 0.348. The molecule has 4 nitrogen and oxygen atoms in total. The molecule has 2 aromatic heterocycles. The second-order valence-electron chi connectivity index (χ2n) is 8.93. The van der Waals surface area contributed by atoms with Gasteiger partial charge in [0.2, 0.25) is 8.32 Å². The lowest BCUT2D eigenvalue weighted by molar-refractivity contribution is 0.0991. The number of carbonyl (C=O) groups excluding carboxylic acids is 1. The van der Waals surface area contributed by atoms with Gasteiger partial charge in [-0.25, -0.2) is 0 Å². The number of carbonyl (C=O) groups is 1. The number of fused-ring (bicyclic) bond motifs is 1. The molecule has 0 saturated carbocycles. The van der Waals surface area contributed by atoms with Crippen molar-refractivity contribution in [2.24, 2.45) is 0 Å². The molecule has 0 radical (unpaired) electrons. The van der Waals surface area contributed by atoms with Crippen LogP contribution < -0.4 is 4.43 Å². The molecule has 3 rings (SSSR count). The van der Waals surface area contributed by atoms with Gasteiger partial charge in [0.25, 0.3) is 0 Å². The van der Waals surface area contributed by atoms with Crippen LogP contribution in [0.4, 0.5) is 0 Å². The van der Waals surface area contributed by atoms with Crippen LogP contribution in [0.15, 0.2) is 47.1 Å². The summed E-state index contributed by atoms with van der Waals surface area (Å²) in [6.07, 6.45) is 1.99. The molecule has 29 heavy (non-hydrogen) atoms. The maximum absolute atomic E-state index is 13.0. The third kappa shape index (κ3) is 4.93. The fourth-order valence-electron chi connectivity index (χ4n) is 2.80. The van der Waals surface area contributed by atoms with E-state index in [0.29, 0.717) is 5.56 Å². The molecule has 0 atom stereocenters. The van der Waals surface area contributed by atoms with E-state index in [1.807, 2.05) is 43.3 Å². The molecule has 152 valence electrons. The normalized spacial score (nSPS) is 12.2. The van der Waals surface area contributed by atoms with E-state index in [0.717, 1.165) is 32.5 Å². The number of hydrogen-bond donors (Lipinski definition) is 0. The van der Waals surface area contributed by atoms with Gasteiger partial charge >= 0.3 is 0 Å². The summed E-state index contributed by atoms with van der Waals surface area (Å²) < 4.78 is 7.26. The summed E-state index contributed by atoms with van der Waals surface area (Å²) in [5.41, 5.74) is 3.96. The highest BCUT2D eigenvalue weighted by atomic mass is 79.9. The second kappa shape index (κ2) is 7.99.